The van der Waals surface area contributed by atoms with Gasteiger partial charge in [0.25, 0.3) is 0 Å². The molecule has 0 aliphatic heterocycles. The molecule has 0 radical (unpaired) electrons. The van der Waals surface area contributed by atoms with Gasteiger partial charge in [-0.2, -0.15) is 0 Å². The highest BCUT2D eigenvalue weighted by Crippen LogP contribution is 2.25. The number of rotatable bonds is 5. The monoisotopic (exact) mass is 336 g/mol. The van der Waals surface area contributed by atoms with Crippen LogP contribution in [-0.4, -0.2) is 16.0 Å². The topological polar surface area (TPSA) is 62.2 Å². The second-order valence-corrected chi connectivity index (χ2v) is 7.29. The first-order valence-electron chi connectivity index (χ1n) is 7.39. The number of aliphatic hydroxyl groups excluding tert-OH is 1. The van der Waals surface area contributed by atoms with Gasteiger partial charge in [0, 0.05) is 22.9 Å². The second kappa shape index (κ2) is 7.19. The maximum absolute atomic E-state index is 13.3. The first kappa shape index (κ1) is 17.6. The number of aliphatic hydroxyl groups is 1. The molecule has 0 bridgehead atoms. The number of nitrogens with one attached hydrogen (secondary N) is 1. The number of hydrogen-bond donors (Lipinski definition) is 2. The van der Waals surface area contributed by atoms with Gasteiger partial charge < -0.3 is 10.4 Å². The molecular formula is C17H21FN2O2S. The summed E-state index contributed by atoms with van der Waals surface area (Å²) in [5.74, 6) is -0.578. The zero-order chi connectivity index (χ0) is 17.0. The van der Waals surface area contributed by atoms with E-state index in [2.05, 4.69) is 31.1 Å². The quantitative estimate of drug-likeness (QED) is 0.882. The molecule has 1 aromatic heterocycles. The first-order chi connectivity index (χ1) is 10.8. The fourth-order valence-corrected chi connectivity index (χ4v) is 2.93. The van der Waals surface area contributed by atoms with Gasteiger partial charge in [-0.05, 0) is 17.7 Å². The smallest absolute Gasteiger partial charge is 0.226 e. The number of amides is 1. The molecule has 2 N–H and O–H groups in total. The van der Waals surface area contributed by atoms with Crippen LogP contribution in [0.25, 0.3) is 0 Å². The minimum atomic E-state index is -0.445. The van der Waals surface area contributed by atoms with Crippen molar-refractivity contribution in [3.8, 4) is 0 Å². The lowest BCUT2D eigenvalue weighted by Gasteiger charge is -2.13. The summed E-state index contributed by atoms with van der Waals surface area (Å²) in [6.45, 7) is 6.19. The van der Waals surface area contributed by atoms with Crippen LogP contribution in [0.3, 0.4) is 0 Å². The maximum atomic E-state index is 13.3. The average molecular weight is 336 g/mol. The fraction of sp³-hybridized carbons (Fsp3) is 0.412. The molecule has 1 amide bonds. The Balaban J connectivity index is 1.91. The summed E-state index contributed by atoms with van der Waals surface area (Å²) in [7, 11) is 0. The Kier molecular flexibility index (Phi) is 5.49. The molecule has 0 spiro atoms. The van der Waals surface area contributed by atoms with Gasteiger partial charge in [-0.3, -0.25) is 4.79 Å². The average Bonchev–Trinajstić information content (AvgIpc) is 2.95. The largest absolute Gasteiger partial charge is 0.392 e. The van der Waals surface area contributed by atoms with Crippen molar-refractivity contribution in [2.24, 2.45) is 0 Å². The van der Waals surface area contributed by atoms with Crippen molar-refractivity contribution in [3.63, 3.8) is 0 Å². The molecule has 23 heavy (non-hydrogen) atoms. The van der Waals surface area contributed by atoms with Crippen molar-refractivity contribution < 1.29 is 14.3 Å². The molecule has 4 nitrogen and oxygen atoms in total. The van der Waals surface area contributed by atoms with E-state index >= 15 is 0 Å². The van der Waals surface area contributed by atoms with E-state index in [4.69, 9.17) is 5.11 Å². The Bertz CT molecular complexity index is 692. The Labute approximate surface area is 139 Å². The minimum Gasteiger partial charge on any atom is -0.392 e. The number of carbonyl (C=O) groups is 1. The molecule has 0 unspecified atom stereocenters. The van der Waals surface area contributed by atoms with Crippen molar-refractivity contribution in [2.45, 2.75) is 45.8 Å². The van der Waals surface area contributed by atoms with Crippen LogP contribution in [0.4, 0.5) is 4.39 Å². The van der Waals surface area contributed by atoms with Crippen LogP contribution in [0.15, 0.2) is 23.6 Å². The Morgan fingerprint density at radius 2 is 2.13 bits per heavy atom. The van der Waals surface area contributed by atoms with Crippen LogP contribution in [0.5, 0.6) is 0 Å². The molecule has 0 atom stereocenters. The second-order valence-electron chi connectivity index (χ2n) is 6.43. The minimum absolute atomic E-state index is 0.0196. The Hall–Kier alpha value is -1.79. The van der Waals surface area contributed by atoms with E-state index in [0.717, 1.165) is 16.3 Å². The number of carbonyl (C=O) groups excluding carboxylic acids is 1. The third-order valence-electron chi connectivity index (χ3n) is 3.31. The number of halogens is 1. The summed E-state index contributed by atoms with van der Waals surface area (Å²) in [4.78, 5) is 16.5. The van der Waals surface area contributed by atoms with Gasteiger partial charge in [0.2, 0.25) is 5.91 Å². The molecule has 2 aromatic rings. The summed E-state index contributed by atoms with van der Waals surface area (Å²) in [6.07, 6.45) is 0.223. The van der Waals surface area contributed by atoms with Crippen LogP contribution in [0.1, 0.15) is 42.6 Å². The number of benzene rings is 1. The molecule has 0 aliphatic carbocycles. The summed E-state index contributed by atoms with van der Waals surface area (Å²) in [6, 6.07) is 4.44. The lowest BCUT2D eigenvalue weighted by atomic mass is 9.98. The van der Waals surface area contributed by atoms with E-state index in [9.17, 15) is 9.18 Å². The summed E-state index contributed by atoms with van der Waals surface area (Å²) < 4.78 is 13.3. The normalized spacial score (nSPS) is 11.5. The first-order valence-corrected chi connectivity index (χ1v) is 8.27. The molecule has 0 saturated heterocycles. The zero-order valence-electron chi connectivity index (χ0n) is 13.5. The van der Waals surface area contributed by atoms with Crippen LogP contribution < -0.4 is 5.32 Å². The molecule has 124 valence electrons. The van der Waals surface area contributed by atoms with Gasteiger partial charge in [0.05, 0.1) is 23.7 Å². The lowest BCUT2D eigenvalue weighted by Crippen LogP contribution is -2.25. The SMILES string of the molecule is CC(C)(C)c1nc(CC(=O)NCc2ccc(F)c(CO)c2)cs1. The summed E-state index contributed by atoms with van der Waals surface area (Å²) in [5.41, 5.74) is 1.71. The summed E-state index contributed by atoms with van der Waals surface area (Å²) in [5, 5.41) is 14.7. The van der Waals surface area contributed by atoms with Crippen molar-refractivity contribution in [1.82, 2.24) is 10.3 Å². The number of aromatic nitrogens is 1. The van der Waals surface area contributed by atoms with Gasteiger partial charge in [-0.25, -0.2) is 9.37 Å². The van der Waals surface area contributed by atoms with E-state index in [1.54, 1.807) is 23.5 Å². The van der Waals surface area contributed by atoms with Crippen LogP contribution in [0.2, 0.25) is 0 Å². The number of nitrogens with zero attached hydrogens (tertiary/aromatic N) is 1. The van der Waals surface area contributed by atoms with E-state index in [1.165, 1.54) is 6.07 Å². The van der Waals surface area contributed by atoms with Gasteiger partial charge in [-0.15, -0.1) is 11.3 Å². The van der Waals surface area contributed by atoms with Gasteiger partial charge in [0.1, 0.15) is 5.82 Å². The summed E-state index contributed by atoms with van der Waals surface area (Å²) >= 11 is 1.56. The van der Waals surface area contributed by atoms with E-state index in [1.807, 2.05) is 5.38 Å². The van der Waals surface area contributed by atoms with E-state index in [0.29, 0.717) is 6.54 Å². The lowest BCUT2D eigenvalue weighted by molar-refractivity contribution is -0.120. The molecule has 0 saturated carbocycles. The Morgan fingerprint density at radius 3 is 2.74 bits per heavy atom. The van der Waals surface area contributed by atoms with Crippen molar-refractivity contribution in [3.05, 3.63) is 51.2 Å². The molecule has 0 fully saturated rings. The van der Waals surface area contributed by atoms with Gasteiger partial charge >= 0.3 is 0 Å². The predicted octanol–water partition coefficient (Wildman–Crippen LogP) is 2.93. The predicted molar refractivity (Wildman–Crippen MR) is 88.7 cm³/mol. The van der Waals surface area contributed by atoms with E-state index in [-0.39, 0.29) is 29.9 Å². The molecule has 0 aliphatic rings. The van der Waals surface area contributed by atoms with Crippen LogP contribution in [0, 0.1) is 5.82 Å². The van der Waals surface area contributed by atoms with E-state index < -0.39 is 5.82 Å². The van der Waals surface area contributed by atoms with Crippen molar-refractivity contribution in [2.75, 3.05) is 0 Å². The number of thiazole rings is 1. The fourth-order valence-electron chi connectivity index (χ4n) is 2.02. The van der Waals surface area contributed by atoms with Crippen molar-refractivity contribution in [1.29, 1.82) is 0 Å². The van der Waals surface area contributed by atoms with Crippen LogP contribution in [-0.2, 0) is 29.8 Å². The third kappa shape index (κ3) is 4.84. The van der Waals surface area contributed by atoms with Crippen molar-refractivity contribution >= 4 is 17.2 Å². The molecular weight excluding hydrogens is 315 g/mol. The highest BCUT2D eigenvalue weighted by Gasteiger charge is 2.18. The third-order valence-corrected chi connectivity index (χ3v) is 4.62. The highest BCUT2D eigenvalue weighted by atomic mass is 32.1. The van der Waals surface area contributed by atoms with Crippen LogP contribution >= 0.6 is 11.3 Å². The Morgan fingerprint density at radius 1 is 1.39 bits per heavy atom. The standard InChI is InChI=1S/C17H21FN2O2S/c1-17(2,3)16-20-13(10-23-16)7-15(22)19-8-11-4-5-14(18)12(6-11)9-21/h4-6,10,21H,7-9H2,1-3H3,(H,19,22). The molecule has 6 heteroatoms. The number of hydrogen-bond acceptors (Lipinski definition) is 4. The van der Waals surface area contributed by atoms with Gasteiger partial charge in [-0.1, -0.05) is 26.8 Å². The zero-order valence-corrected chi connectivity index (χ0v) is 14.3. The highest BCUT2D eigenvalue weighted by molar-refractivity contribution is 7.09. The molecule has 1 aromatic carbocycles. The maximum Gasteiger partial charge on any atom is 0.226 e. The molecule has 1 heterocycles. The molecule has 2 rings (SSSR count). The van der Waals surface area contributed by atoms with Gasteiger partial charge in [0.15, 0.2) is 0 Å².